The van der Waals surface area contributed by atoms with E-state index in [-0.39, 0.29) is 53.8 Å². The number of nitrogens with two attached hydrogens (primary N) is 1. The smallest absolute Gasteiger partial charge is 0.406 e. The van der Waals surface area contributed by atoms with Gasteiger partial charge in [0.15, 0.2) is 5.96 Å². The Morgan fingerprint density at radius 3 is 2.72 bits per heavy atom. The Morgan fingerprint density at radius 2 is 1.97 bits per heavy atom. The number of amides is 1. The molecule has 29 heavy (non-hydrogen) atoms. The molecule has 1 aliphatic heterocycles. The second-order valence-electron chi connectivity index (χ2n) is 6.18. The minimum Gasteiger partial charge on any atom is -0.406 e. The predicted octanol–water partition coefficient (Wildman–Crippen LogP) is 3.91. The van der Waals surface area contributed by atoms with E-state index in [0.717, 1.165) is 30.2 Å². The van der Waals surface area contributed by atoms with E-state index < -0.39 is 6.36 Å². The number of hydrogen-bond acceptors (Lipinski definition) is 3. The van der Waals surface area contributed by atoms with E-state index in [0.29, 0.717) is 6.54 Å². The van der Waals surface area contributed by atoms with Crippen molar-refractivity contribution in [2.45, 2.75) is 19.2 Å². The van der Waals surface area contributed by atoms with Crippen molar-refractivity contribution >= 4 is 47.2 Å². The summed E-state index contributed by atoms with van der Waals surface area (Å²) in [6, 6.07) is 12.9. The molecule has 0 aromatic heterocycles. The second-order valence-corrected chi connectivity index (χ2v) is 6.18. The topological polar surface area (TPSA) is 80.0 Å². The number of rotatable bonds is 4. The third kappa shape index (κ3) is 6.51. The van der Waals surface area contributed by atoms with Crippen molar-refractivity contribution in [3.63, 3.8) is 0 Å². The van der Waals surface area contributed by atoms with Crippen LogP contribution in [-0.4, -0.2) is 31.3 Å². The van der Waals surface area contributed by atoms with Crippen LogP contribution in [0.25, 0.3) is 0 Å². The first kappa shape index (κ1) is 22.8. The van der Waals surface area contributed by atoms with Crippen LogP contribution < -0.4 is 20.7 Å². The standard InChI is InChI=1S/C19H19F3N4O2.HI/c20-19(21,22)28-15-8-3-7-14(11-15)25-18(23)24-12-17(27)26-10-4-6-13-5-1-2-9-16(13)26;/h1-3,5,7-9,11H,4,6,10,12H2,(H3,23,24,25);1H. The highest BCUT2D eigenvalue weighted by Crippen LogP contribution is 2.27. The molecule has 2 aromatic rings. The molecular formula is C19H20F3IN4O2. The molecule has 3 rings (SSSR count). The molecule has 0 saturated carbocycles. The van der Waals surface area contributed by atoms with Gasteiger partial charge in [-0.15, -0.1) is 37.1 Å². The van der Waals surface area contributed by atoms with E-state index in [1.807, 2.05) is 24.3 Å². The Labute approximate surface area is 182 Å². The van der Waals surface area contributed by atoms with Gasteiger partial charge in [0, 0.05) is 24.0 Å². The van der Waals surface area contributed by atoms with Gasteiger partial charge in [0.1, 0.15) is 12.3 Å². The number of anilines is 2. The van der Waals surface area contributed by atoms with Gasteiger partial charge in [-0.2, -0.15) is 0 Å². The van der Waals surface area contributed by atoms with Gasteiger partial charge in [0.25, 0.3) is 0 Å². The van der Waals surface area contributed by atoms with Crippen molar-refractivity contribution in [3.05, 3.63) is 54.1 Å². The van der Waals surface area contributed by atoms with Crippen LogP contribution in [0.15, 0.2) is 53.5 Å². The summed E-state index contributed by atoms with van der Waals surface area (Å²) >= 11 is 0. The fourth-order valence-electron chi connectivity index (χ4n) is 2.99. The first-order chi connectivity index (χ1) is 13.3. The molecule has 1 amide bonds. The van der Waals surface area contributed by atoms with Gasteiger partial charge in [-0.25, -0.2) is 4.99 Å². The molecule has 0 saturated heterocycles. The second kappa shape index (κ2) is 9.81. The fourth-order valence-corrected chi connectivity index (χ4v) is 2.99. The fraction of sp³-hybridized carbons (Fsp3) is 0.263. The van der Waals surface area contributed by atoms with Crippen molar-refractivity contribution in [2.75, 3.05) is 23.3 Å². The number of para-hydroxylation sites is 1. The SMILES string of the molecule is I.NC(=NCC(=O)N1CCCc2ccccc21)Nc1cccc(OC(F)(F)F)c1. The van der Waals surface area contributed by atoms with Crippen LogP contribution in [-0.2, 0) is 11.2 Å². The number of benzene rings is 2. The Morgan fingerprint density at radius 1 is 1.21 bits per heavy atom. The van der Waals surface area contributed by atoms with E-state index in [1.165, 1.54) is 18.2 Å². The number of nitrogens with zero attached hydrogens (tertiary/aromatic N) is 2. The van der Waals surface area contributed by atoms with Crippen LogP contribution in [0.4, 0.5) is 24.5 Å². The van der Waals surface area contributed by atoms with Gasteiger partial charge in [-0.1, -0.05) is 24.3 Å². The van der Waals surface area contributed by atoms with Crippen LogP contribution in [0.2, 0.25) is 0 Å². The molecule has 0 unspecified atom stereocenters. The van der Waals surface area contributed by atoms with Crippen molar-refractivity contribution in [2.24, 2.45) is 10.7 Å². The summed E-state index contributed by atoms with van der Waals surface area (Å²) < 4.78 is 40.7. The molecule has 1 heterocycles. The number of nitrogens with one attached hydrogen (secondary N) is 1. The summed E-state index contributed by atoms with van der Waals surface area (Å²) in [5.41, 5.74) is 8.01. The van der Waals surface area contributed by atoms with Crippen LogP contribution in [0.3, 0.4) is 0 Å². The zero-order valence-corrected chi connectivity index (χ0v) is 17.6. The summed E-state index contributed by atoms with van der Waals surface area (Å²) in [4.78, 5) is 18.2. The largest absolute Gasteiger partial charge is 0.573 e. The normalized spacial score (nSPS) is 13.9. The quantitative estimate of drug-likeness (QED) is 0.364. The Kier molecular flexibility index (Phi) is 7.71. The average molecular weight is 520 g/mol. The third-order valence-corrected chi connectivity index (χ3v) is 4.14. The zero-order chi connectivity index (χ0) is 20.1. The zero-order valence-electron chi connectivity index (χ0n) is 15.3. The van der Waals surface area contributed by atoms with Gasteiger partial charge in [0.05, 0.1) is 0 Å². The van der Waals surface area contributed by atoms with Gasteiger partial charge < -0.3 is 20.7 Å². The van der Waals surface area contributed by atoms with E-state index in [4.69, 9.17) is 5.73 Å². The molecule has 0 atom stereocenters. The Hall–Kier alpha value is -2.50. The number of guanidine groups is 1. The number of alkyl halides is 3. The molecule has 0 aliphatic carbocycles. The number of fused-ring (bicyclic) bond motifs is 1. The van der Waals surface area contributed by atoms with E-state index in [9.17, 15) is 18.0 Å². The highest BCUT2D eigenvalue weighted by molar-refractivity contribution is 14.0. The molecule has 2 aromatic carbocycles. The maximum atomic E-state index is 12.5. The van der Waals surface area contributed by atoms with Crippen molar-refractivity contribution < 1.29 is 22.7 Å². The lowest BCUT2D eigenvalue weighted by molar-refractivity contribution is -0.274. The lowest BCUT2D eigenvalue weighted by atomic mass is 10.0. The molecule has 0 radical (unpaired) electrons. The lowest BCUT2D eigenvalue weighted by Gasteiger charge is -2.29. The summed E-state index contributed by atoms with van der Waals surface area (Å²) in [5, 5.41) is 2.66. The van der Waals surface area contributed by atoms with Crippen LogP contribution in [0, 0.1) is 0 Å². The van der Waals surface area contributed by atoms with E-state index >= 15 is 0 Å². The minimum absolute atomic E-state index is 0. The van der Waals surface area contributed by atoms with Crippen LogP contribution >= 0.6 is 24.0 Å². The molecule has 156 valence electrons. The molecule has 3 N–H and O–H groups in total. The van der Waals surface area contributed by atoms with Gasteiger partial charge in [0.2, 0.25) is 5.91 Å². The number of carbonyl (C=O) groups is 1. The molecular weight excluding hydrogens is 500 g/mol. The summed E-state index contributed by atoms with van der Waals surface area (Å²) in [6.45, 7) is 0.432. The summed E-state index contributed by atoms with van der Waals surface area (Å²) in [7, 11) is 0. The number of hydrogen-bond donors (Lipinski definition) is 2. The highest BCUT2D eigenvalue weighted by Gasteiger charge is 2.31. The Balaban J connectivity index is 0.00000300. The third-order valence-electron chi connectivity index (χ3n) is 4.14. The molecule has 0 bridgehead atoms. The number of carbonyl (C=O) groups excluding carboxylic acids is 1. The number of aryl methyl sites for hydroxylation is 1. The highest BCUT2D eigenvalue weighted by atomic mass is 127. The average Bonchev–Trinajstić information content (AvgIpc) is 2.64. The van der Waals surface area contributed by atoms with Crippen molar-refractivity contribution in [1.29, 1.82) is 0 Å². The monoisotopic (exact) mass is 520 g/mol. The van der Waals surface area contributed by atoms with Gasteiger partial charge in [-0.3, -0.25) is 4.79 Å². The Bertz CT molecular complexity index is 890. The summed E-state index contributed by atoms with van der Waals surface area (Å²) in [6.07, 6.45) is -3.00. The number of aliphatic imine (C=N–C) groups is 1. The number of ether oxygens (including phenoxy) is 1. The predicted molar refractivity (Wildman–Crippen MR) is 116 cm³/mol. The maximum absolute atomic E-state index is 12.5. The molecule has 1 aliphatic rings. The van der Waals surface area contributed by atoms with E-state index in [1.54, 1.807) is 4.90 Å². The molecule has 0 spiro atoms. The number of halogens is 4. The van der Waals surface area contributed by atoms with Crippen LogP contribution in [0.1, 0.15) is 12.0 Å². The first-order valence-corrected chi connectivity index (χ1v) is 8.63. The molecule has 10 heteroatoms. The van der Waals surface area contributed by atoms with E-state index in [2.05, 4.69) is 15.0 Å². The first-order valence-electron chi connectivity index (χ1n) is 8.63. The summed E-state index contributed by atoms with van der Waals surface area (Å²) in [5.74, 6) is -0.667. The van der Waals surface area contributed by atoms with Gasteiger partial charge in [-0.05, 0) is 36.6 Å². The minimum atomic E-state index is -4.78. The molecule has 0 fully saturated rings. The van der Waals surface area contributed by atoms with Crippen molar-refractivity contribution in [3.8, 4) is 5.75 Å². The van der Waals surface area contributed by atoms with Crippen LogP contribution in [0.5, 0.6) is 5.75 Å². The molecule has 6 nitrogen and oxygen atoms in total. The van der Waals surface area contributed by atoms with Crippen molar-refractivity contribution in [1.82, 2.24) is 0 Å². The lowest BCUT2D eigenvalue weighted by Crippen LogP contribution is -2.37. The van der Waals surface area contributed by atoms with Gasteiger partial charge >= 0.3 is 6.36 Å². The maximum Gasteiger partial charge on any atom is 0.573 e.